The largest absolute Gasteiger partial charge is 0.381 e. The summed E-state index contributed by atoms with van der Waals surface area (Å²) in [5.74, 6) is 0.480. The summed E-state index contributed by atoms with van der Waals surface area (Å²) < 4.78 is 10.8. The van der Waals surface area contributed by atoms with E-state index in [9.17, 15) is 10.1 Å². The van der Waals surface area contributed by atoms with Gasteiger partial charge in [-0.2, -0.15) is 10.4 Å². The third-order valence-corrected chi connectivity index (χ3v) is 5.92. The fourth-order valence-electron chi connectivity index (χ4n) is 4.20. The van der Waals surface area contributed by atoms with Crippen LogP contribution in [-0.4, -0.2) is 67.5 Å². The van der Waals surface area contributed by atoms with Crippen LogP contribution in [0.3, 0.4) is 0 Å². The summed E-state index contributed by atoms with van der Waals surface area (Å²) in [6.07, 6.45) is 6.70. The van der Waals surface area contributed by atoms with E-state index in [-0.39, 0.29) is 11.7 Å². The number of likely N-dealkylation sites (N-methyl/N-ethyl adjacent to an activating group) is 1. The number of rotatable bonds is 5. The van der Waals surface area contributed by atoms with Gasteiger partial charge in [0.05, 0.1) is 35.1 Å². The number of ether oxygens (including phenoxy) is 1. The molecular weight excluding hydrogens is 408 g/mol. The van der Waals surface area contributed by atoms with Crippen molar-refractivity contribution in [3.63, 3.8) is 0 Å². The number of hydrogen-bond donors (Lipinski definition) is 0. The molecule has 0 aliphatic carbocycles. The number of aromatic nitrogens is 6. The molecule has 0 saturated carbocycles. The molecule has 164 valence electrons. The molecule has 10 heteroatoms. The quantitative estimate of drug-likeness (QED) is 0.472. The molecule has 1 saturated heterocycles. The molecular formula is C22H24N8O2. The number of nitriles is 1. The molecule has 0 bridgehead atoms. The third-order valence-electron chi connectivity index (χ3n) is 5.92. The lowest BCUT2D eigenvalue weighted by Crippen LogP contribution is -2.32. The zero-order chi connectivity index (χ0) is 22.2. The Morgan fingerprint density at radius 2 is 2.06 bits per heavy atom. The van der Waals surface area contributed by atoms with Gasteiger partial charge in [0, 0.05) is 38.5 Å². The van der Waals surface area contributed by atoms with Crippen molar-refractivity contribution in [2.75, 3.05) is 33.9 Å². The Balaban J connectivity index is 1.69. The van der Waals surface area contributed by atoms with Crippen molar-refractivity contribution in [1.82, 2.24) is 33.6 Å². The minimum atomic E-state index is -0.0631. The average molecular weight is 432 g/mol. The van der Waals surface area contributed by atoms with Crippen LogP contribution >= 0.6 is 0 Å². The second kappa shape index (κ2) is 8.18. The van der Waals surface area contributed by atoms with E-state index in [2.05, 4.69) is 16.2 Å². The van der Waals surface area contributed by atoms with Gasteiger partial charge in [-0.25, -0.2) is 19.3 Å². The molecule has 4 aromatic heterocycles. The fourth-order valence-corrected chi connectivity index (χ4v) is 4.20. The highest BCUT2D eigenvalue weighted by molar-refractivity contribution is 5.80. The normalized spacial score (nSPS) is 15.1. The first kappa shape index (κ1) is 20.4. The highest BCUT2D eigenvalue weighted by atomic mass is 16.5. The second-order valence-corrected chi connectivity index (χ2v) is 8.27. The Bertz CT molecular complexity index is 1380. The summed E-state index contributed by atoms with van der Waals surface area (Å²) in [6.45, 7) is 2.55. The van der Waals surface area contributed by atoms with Crippen molar-refractivity contribution < 1.29 is 4.74 Å². The van der Waals surface area contributed by atoms with Gasteiger partial charge in [0.1, 0.15) is 5.52 Å². The van der Waals surface area contributed by atoms with Crippen molar-refractivity contribution in [3.8, 4) is 17.5 Å². The Morgan fingerprint density at radius 1 is 1.25 bits per heavy atom. The monoisotopic (exact) mass is 432 g/mol. The highest BCUT2D eigenvalue weighted by Gasteiger charge is 2.25. The van der Waals surface area contributed by atoms with Crippen LogP contribution in [0.1, 0.15) is 24.4 Å². The molecule has 0 amide bonds. The lowest BCUT2D eigenvalue weighted by molar-refractivity contribution is 0.0694. The van der Waals surface area contributed by atoms with Gasteiger partial charge in [-0.05, 0) is 39.1 Å². The molecule has 1 fully saturated rings. The van der Waals surface area contributed by atoms with Crippen LogP contribution in [0, 0.1) is 11.3 Å². The summed E-state index contributed by atoms with van der Waals surface area (Å²) in [7, 11) is 3.97. The summed E-state index contributed by atoms with van der Waals surface area (Å²) >= 11 is 0. The molecule has 5 rings (SSSR count). The van der Waals surface area contributed by atoms with Gasteiger partial charge in [0.25, 0.3) is 0 Å². The summed E-state index contributed by atoms with van der Waals surface area (Å²) in [5, 5.41) is 13.6. The molecule has 5 heterocycles. The first-order valence-electron chi connectivity index (χ1n) is 10.6. The maximum Gasteiger partial charge on any atom is 0.330 e. The van der Waals surface area contributed by atoms with Crippen LogP contribution < -0.4 is 5.69 Å². The molecule has 1 aliphatic heterocycles. The summed E-state index contributed by atoms with van der Waals surface area (Å²) in [6, 6.07) is 5.67. The smallest absolute Gasteiger partial charge is 0.330 e. The maximum absolute atomic E-state index is 13.4. The van der Waals surface area contributed by atoms with Crippen LogP contribution in [0.25, 0.3) is 28.1 Å². The van der Waals surface area contributed by atoms with E-state index in [0.29, 0.717) is 36.8 Å². The van der Waals surface area contributed by atoms with Crippen molar-refractivity contribution in [3.05, 3.63) is 46.8 Å². The van der Waals surface area contributed by atoms with Crippen LogP contribution in [0.15, 0.2) is 35.5 Å². The lowest BCUT2D eigenvalue weighted by Gasteiger charge is -2.22. The first-order valence-corrected chi connectivity index (χ1v) is 10.6. The minimum absolute atomic E-state index is 0.0382. The van der Waals surface area contributed by atoms with E-state index in [1.807, 2.05) is 23.6 Å². The molecule has 1 aliphatic rings. The van der Waals surface area contributed by atoms with E-state index in [4.69, 9.17) is 9.72 Å². The molecule has 0 unspecified atom stereocenters. The number of nitrogens with zero attached hydrogens (tertiary/aromatic N) is 8. The molecule has 0 spiro atoms. The molecule has 32 heavy (non-hydrogen) atoms. The van der Waals surface area contributed by atoms with Gasteiger partial charge in [-0.3, -0.25) is 9.13 Å². The van der Waals surface area contributed by atoms with Gasteiger partial charge < -0.3 is 9.64 Å². The predicted octanol–water partition coefficient (Wildman–Crippen LogP) is 1.69. The molecule has 10 nitrogen and oxygen atoms in total. The van der Waals surface area contributed by atoms with Crippen molar-refractivity contribution in [2.24, 2.45) is 0 Å². The van der Waals surface area contributed by atoms with E-state index >= 15 is 0 Å². The Hall–Kier alpha value is -3.55. The van der Waals surface area contributed by atoms with E-state index in [1.165, 1.54) is 0 Å². The first-order chi connectivity index (χ1) is 15.6. The third kappa shape index (κ3) is 3.45. The SMILES string of the molecule is CN(C)CCn1c(=O)n(C2CCOCC2)c2nc(-c3cnn4ccc(C#N)cc34)ncc21. The molecule has 0 radical (unpaired) electrons. The Morgan fingerprint density at radius 3 is 2.81 bits per heavy atom. The van der Waals surface area contributed by atoms with Crippen LogP contribution in [-0.2, 0) is 11.3 Å². The molecule has 4 aromatic rings. The Kier molecular flexibility index (Phi) is 5.20. The van der Waals surface area contributed by atoms with Gasteiger partial charge in [0.2, 0.25) is 0 Å². The van der Waals surface area contributed by atoms with E-state index in [1.54, 1.807) is 39.8 Å². The van der Waals surface area contributed by atoms with E-state index < -0.39 is 0 Å². The van der Waals surface area contributed by atoms with Crippen molar-refractivity contribution in [1.29, 1.82) is 5.26 Å². The fraction of sp³-hybridized carbons (Fsp3) is 0.409. The molecule has 0 N–H and O–H groups in total. The number of pyridine rings is 1. The van der Waals surface area contributed by atoms with Gasteiger partial charge in [-0.15, -0.1) is 0 Å². The number of hydrogen-bond acceptors (Lipinski definition) is 7. The van der Waals surface area contributed by atoms with Gasteiger partial charge in [0.15, 0.2) is 11.5 Å². The lowest BCUT2D eigenvalue weighted by atomic mass is 10.1. The predicted molar refractivity (Wildman–Crippen MR) is 118 cm³/mol. The zero-order valence-corrected chi connectivity index (χ0v) is 18.1. The highest BCUT2D eigenvalue weighted by Crippen LogP contribution is 2.27. The van der Waals surface area contributed by atoms with Crippen LogP contribution in [0.4, 0.5) is 0 Å². The maximum atomic E-state index is 13.4. The van der Waals surface area contributed by atoms with Gasteiger partial charge >= 0.3 is 5.69 Å². The Labute approximate surface area is 184 Å². The topological polar surface area (TPSA) is 106 Å². The number of fused-ring (bicyclic) bond motifs is 2. The van der Waals surface area contributed by atoms with Crippen molar-refractivity contribution in [2.45, 2.75) is 25.4 Å². The molecule has 0 aromatic carbocycles. The van der Waals surface area contributed by atoms with E-state index in [0.717, 1.165) is 36.0 Å². The van der Waals surface area contributed by atoms with Gasteiger partial charge in [-0.1, -0.05) is 0 Å². The van der Waals surface area contributed by atoms with Crippen LogP contribution in [0.2, 0.25) is 0 Å². The summed E-state index contributed by atoms with van der Waals surface area (Å²) in [4.78, 5) is 24.9. The average Bonchev–Trinajstić information content (AvgIpc) is 3.35. The van der Waals surface area contributed by atoms with Crippen molar-refractivity contribution >= 4 is 16.7 Å². The van der Waals surface area contributed by atoms with Crippen LogP contribution in [0.5, 0.6) is 0 Å². The molecule has 0 atom stereocenters. The minimum Gasteiger partial charge on any atom is -0.381 e. The second-order valence-electron chi connectivity index (χ2n) is 8.27. The number of imidazole rings is 1. The zero-order valence-electron chi connectivity index (χ0n) is 18.1. The summed E-state index contributed by atoms with van der Waals surface area (Å²) in [5.41, 5.74) is 3.29. The standard InChI is InChI=1S/C22H24N8O2/c1-27(2)7-8-28-19-14-24-20(17-13-25-29-6-3-15(12-23)11-18(17)29)26-21(19)30(22(28)31)16-4-9-32-10-5-16/h3,6,11,13-14,16H,4-5,7-10H2,1-2H3.